The predicted octanol–water partition coefficient (Wildman–Crippen LogP) is 5.47. The Bertz CT molecular complexity index is 1180. The quantitative estimate of drug-likeness (QED) is 0.309. The van der Waals surface area contributed by atoms with Crippen LogP contribution in [0.1, 0.15) is 41.5 Å². The second-order valence-corrected chi connectivity index (χ2v) is 9.15. The number of carbonyl (C=O) groups is 2. The molecule has 6 heteroatoms. The average molecular weight is 448 g/mol. The van der Waals surface area contributed by atoms with Crippen LogP contribution < -0.4 is 4.74 Å². The number of benzene rings is 2. The molecule has 0 aliphatic carbocycles. The first-order valence-corrected chi connectivity index (χ1v) is 11.4. The fraction of sp³-hybridized carbons (Fsp3) is 0.231. The number of hydrogen-bond donors (Lipinski definition) is 1. The van der Waals surface area contributed by atoms with E-state index in [2.05, 4.69) is 0 Å². The zero-order chi connectivity index (χ0) is 22.8. The Balaban J connectivity index is 1.84. The predicted molar refractivity (Wildman–Crippen MR) is 126 cm³/mol. The Morgan fingerprint density at radius 3 is 2.56 bits per heavy atom. The monoisotopic (exact) mass is 447 g/mol. The van der Waals surface area contributed by atoms with Crippen molar-refractivity contribution in [1.29, 1.82) is 0 Å². The van der Waals surface area contributed by atoms with E-state index in [1.807, 2.05) is 62.5 Å². The van der Waals surface area contributed by atoms with Crippen molar-refractivity contribution < 1.29 is 19.4 Å². The lowest BCUT2D eigenvalue weighted by Gasteiger charge is -2.25. The molecule has 1 aliphatic rings. The van der Waals surface area contributed by atoms with Crippen LogP contribution in [0.4, 0.5) is 0 Å². The minimum atomic E-state index is -0.680. The van der Waals surface area contributed by atoms with E-state index < -0.39 is 17.7 Å². The molecule has 1 N–H and O–H groups in total. The van der Waals surface area contributed by atoms with Crippen molar-refractivity contribution in [2.75, 3.05) is 0 Å². The number of nitrogens with zero attached hydrogens (tertiary/aromatic N) is 1. The standard InChI is InChI=1S/C26H25NO4S/c1-16(2)31-20-10-5-9-19(14-20)24(28)22-23(18-8-4-7-17(3)13-18)27(26(30)25(22)29)15-21-11-6-12-32-21/h4-14,16,23,28H,15H2,1-3H3/b24-22-. The van der Waals surface area contributed by atoms with E-state index in [-0.39, 0.29) is 17.4 Å². The first kappa shape index (κ1) is 21.8. The molecule has 3 aromatic rings. The highest BCUT2D eigenvalue weighted by atomic mass is 32.1. The van der Waals surface area contributed by atoms with Gasteiger partial charge in [-0.25, -0.2) is 0 Å². The maximum absolute atomic E-state index is 13.2. The minimum Gasteiger partial charge on any atom is -0.507 e. The van der Waals surface area contributed by atoms with Crippen LogP contribution in [0.25, 0.3) is 5.76 Å². The molecule has 1 saturated heterocycles. The number of aliphatic hydroxyl groups is 1. The molecule has 4 rings (SSSR count). The summed E-state index contributed by atoms with van der Waals surface area (Å²) in [6, 6.07) is 17.8. The highest BCUT2D eigenvalue weighted by Gasteiger charge is 2.46. The normalized spacial score (nSPS) is 17.9. The van der Waals surface area contributed by atoms with Gasteiger partial charge in [-0.1, -0.05) is 48.0 Å². The molecule has 164 valence electrons. The number of Topliss-reactive ketones (excluding diaryl/α,β-unsaturated/α-hetero) is 1. The highest BCUT2D eigenvalue weighted by molar-refractivity contribution is 7.09. The van der Waals surface area contributed by atoms with Gasteiger partial charge < -0.3 is 14.7 Å². The summed E-state index contributed by atoms with van der Waals surface area (Å²) >= 11 is 1.53. The van der Waals surface area contributed by atoms with Crippen LogP contribution >= 0.6 is 11.3 Å². The molecule has 0 radical (unpaired) electrons. The number of ketones is 1. The van der Waals surface area contributed by atoms with Gasteiger partial charge in [-0.15, -0.1) is 11.3 Å². The first-order chi connectivity index (χ1) is 15.3. The molecule has 1 aliphatic heterocycles. The maximum Gasteiger partial charge on any atom is 0.295 e. The Morgan fingerprint density at radius 1 is 1.09 bits per heavy atom. The van der Waals surface area contributed by atoms with E-state index in [0.29, 0.717) is 17.9 Å². The topological polar surface area (TPSA) is 66.8 Å². The summed E-state index contributed by atoms with van der Waals surface area (Å²) in [6.07, 6.45) is -0.0314. The van der Waals surface area contributed by atoms with Gasteiger partial charge in [0, 0.05) is 10.4 Å². The summed E-state index contributed by atoms with van der Waals surface area (Å²) in [5, 5.41) is 13.2. The second-order valence-electron chi connectivity index (χ2n) is 8.11. The third-order valence-corrected chi connectivity index (χ3v) is 6.14. The summed E-state index contributed by atoms with van der Waals surface area (Å²) in [4.78, 5) is 28.7. The fourth-order valence-corrected chi connectivity index (χ4v) is 4.65. The second kappa shape index (κ2) is 9.01. The van der Waals surface area contributed by atoms with E-state index in [4.69, 9.17) is 4.74 Å². The van der Waals surface area contributed by atoms with Crippen LogP contribution in [0.3, 0.4) is 0 Å². The molecule has 2 heterocycles. The Hall–Kier alpha value is -3.38. The number of thiophene rings is 1. The number of ether oxygens (including phenoxy) is 1. The number of aliphatic hydroxyl groups excluding tert-OH is 1. The molecule has 1 fully saturated rings. The molecule has 1 atom stereocenters. The maximum atomic E-state index is 13.2. The molecule has 5 nitrogen and oxygen atoms in total. The Morgan fingerprint density at radius 2 is 1.88 bits per heavy atom. The minimum absolute atomic E-state index is 0.0314. The van der Waals surface area contributed by atoms with Gasteiger partial charge >= 0.3 is 0 Å². The van der Waals surface area contributed by atoms with Crippen LogP contribution in [0.2, 0.25) is 0 Å². The molecule has 32 heavy (non-hydrogen) atoms. The van der Waals surface area contributed by atoms with E-state index >= 15 is 0 Å². The Kier molecular flexibility index (Phi) is 6.15. The van der Waals surface area contributed by atoms with Crippen molar-refractivity contribution in [3.05, 3.63) is 93.2 Å². The summed E-state index contributed by atoms with van der Waals surface area (Å²) < 4.78 is 5.74. The highest BCUT2D eigenvalue weighted by Crippen LogP contribution is 2.41. The van der Waals surface area contributed by atoms with Gasteiger partial charge in [0.25, 0.3) is 11.7 Å². The zero-order valence-corrected chi connectivity index (χ0v) is 19.1. The van der Waals surface area contributed by atoms with Gasteiger partial charge in [-0.2, -0.15) is 0 Å². The average Bonchev–Trinajstić information content (AvgIpc) is 3.35. The number of aryl methyl sites for hydroxylation is 1. The van der Waals surface area contributed by atoms with Gasteiger partial charge in [-0.3, -0.25) is 9.59 Å². The molecular formula is C26H25NO4S. The number of likely N-dealkylation sites (tertiary alicyclic amines) is 1. The third-order valence-electron chi connectivity index (χ3n) is 5.28. The van der Waals surface area contributed by atoms with Crippen molar-refractivity contribution in [1.82, 2.24) is 4.90 Å². The van der Waals surface area contributed by atoms with Crippen molar-refractivity contribution in [3.8, 4) is 5.75 Å². The molecule has 1 unspecified atom stereocenters. The summed E-state index contributed by atoms with van der Waals surface area (Å²) in [5.41, 5.74) is 2.34. The van der Waals surface area contributed by atoms with Crippen LogP contribution in [0.5, 0.6) is 5.75 Å². The van der Waals surface area contributed by atoms with Gasteiger partial charge in [0.2, 0.25) is 0 Å². The van der Waals surface area contributed by atoms with Crippen LogP contribution in [-0.4, -0.2) is 27.8 Å². The van der Waals surface area contributed by atoms with Crippen LogP contribution in [0, 0.1) is 6.92 Å². The number of carbonyl (C=O) groups excluding carboxylic acids is 2. The molecule has 2 aromatic carbocycles. The van der Waals surface area contributed by atoms with E-state index in [0.717, 1.165) is 16.0 Å². The van der Waals surface area contributed by atoms with Gasteiger partial charge in [-0.05, 0) is 49.9 Å². The molecule has 1 amide bonds. The van der Waals surface area contributed by atoms with Crippen molar-refractivity contribution in [2.24, 2.45) is 0 Å². The van der Waals surface area contributed by atoms with Crippen molar-refractivity contribution in [3.63, 3.8) is 0 Å². The molecule has 0 saturated carbocycles. The Labute approximate surface area is 191 Å². The first-order valence-electron chi connectivity index (χ1n) is 10.5. The molecule has 1 aromatic heterocycles. The van der Waals surface area contributed by atoms with Gasteiger partial charge in [0.15, 0.2) is 0 Å². The van der Waals surface area contributed by atoms with E-state index in [1.165, 1.54) is 11.3 Å². The van der Waals surface area contributed by atoms with Crippen molar-refractivity contribution >= 4 is 28.8 Å². The SMILES string of the molecule is Cc1cccc(C2/C(=C(/O)c3cccc(OC(C)C)c3)C(=O)C(=O)N2Cc2cccs2)c1. The number of rotatable bonds is 6. The van der Waals surface area contributed by atoms with Gasteiger partial charge in [0.05, 0.1) is 24.3 Å². The largest absolute Gasteiger partial charge is 0.507 e. The number of amides is 1. The van der Waals surface area contributed by atoms with Gasteiger partial charge in [0.1, 0.15) is 11.5 Å². The lowest BCUT2D eigenvalue weighted by Crippen LogP contribution is -2.28. The molecular weight excluding hydrogens is 422 g/mol. The lowest BCUT2D eigenvalue weighted by atomic mass is 9.94. The summed E-state index contributed by atoms with van der Waals surface area (Å²) in [6.45, 7) is 6.09. The van der Waals surface area contributed by atoms with Crippen molar-refractivity contribution in [2.45, 2.75) is 39.5 Å². The lowest BCUT2D eigenvalue weighted by molar-refractivity contribution is -0.140. The third kappa shape index (κ3) is 4.32. The van der Waals surface area contributed by atoms with E-state index in [1.54, 1.807) is 29.2 Å². The summed E-state index contributed by atoms with van der Waals surface area (Å²) in [7, 11) is 0. The molecule has 0 spiro atoms. The summed E-state index contributed by atoms with van der Waals surface area (Å²) in [5.74, 6) is -0.900. The fourth-order valence-electron chi connectivity index (χ4n) is 3.94. The van der Waals surface area contributed by atoms with Crippen LogP contribution in [-0.2, 0) is 16.1 Å². The smallest absolute Gasteiger partial charge is 0.295 e. The zero-order valence-electron chi connectivity index (χ0n) is 18.2. The number of hydrogen-bond acceptors (Lipinski definition) is 5. The van der Waals surface area contributed by atoms with Crippen LogP contribution in [0.15, 0.2) is 71.6 Å². The molecule has 0 bridgehead atoms. The van der Waals surface area contributed by atoms with E-state index in [9.17, 15) is 14.7 Å².